The number of aliphatic carboxylic acids is 1. The Morgan fingerprint density at radius 2 is 1.85 bits per heavy atom. The lowest BCUT2D eigenvalue weighted by molar-refractivity contribution is -0.141. The molecule has 0 aromatic heterocycles. The number of aliphatic hydroxyl groups is 1. The van der Waals surface area contributed by atoms with Crippen LogP contribution in [0.3, 0.4) is 0 Å². The number of amides is 2. The SMILES string of the molecule is CC1CN(C(=O)N2C[C@@H](O)C[C@H]2C(=O)O)CC1N(C)C. The van der Waals surface area contributed by atoms with Crippen LogP contribution in [0, 0.1) is 5.92 Å². The van der Waals surface area contributed by atoms with Crippen LogP contribution in [0.2, 0.25) is 0 Å². The highest BCUT2D eigenvalue weighted by molar-refractivity contribution is 5.83. The van der Waals surface area contributed by atoms with Gasteiger partial charge in [-0.1, -0.05) is 6.92 Å². The van der Waals surface area contributed by atoms with E-state index in [1.54, 1.807) is 4.90 Å². The Balaban J connectivity index is 2.06. The largest absolute Gasteiger partial charge is 0.480 e. The summed E-state index contributed by atoms with van der Waals surface area (Å²) in [7, 11) is 3.96. The Kier molecular flexibility index (Phi) is 4.19. The topological polar surface area (TPSA) is 84.3 Å². The minimum atomic E-state index is -1.05. The fourth-order valence-electron chi connectivity index (χ4n) is 3.22. The number of hydrogen-bond acceptors (Lipinski definition) is 4. The predicted molar refractivity (Wildman–Crippen MR) is 72.4 cm³/mol. The van der Waals surface area contributed by atoms with Gasteiger partial charge in [-0.05, 0) is 20.0 Å². The van der Waals surface area contributed by atoms with E-state index in [0.29, 0.717) is 19.0 Å². The molecular weight excluding hydrogens is 262 g/mol. The average molecular weight is 285 g/mol. The first kappa shape index (κ1) is 15.1. The van der Waals surface area contributed by atoms with Crippen molar-refractivity contribution in [2.45, 2.75) is 31.5 Å². The number of carboxylic acid groups (broad SMARTS) is 1. The molecule has 20 heavy (non-hydrogen) atoms. The highest BCUT2D eigenvalue weighted by atomic mass is 16.4. The molecule has 0 aliphatic carbocycles. The lowest BCUT2D eigenvalue weighted by Gasteiger charge is -2.28. The maximum atomic E-state index is 12.5. The summed E-state index contributed by atoms with van der Waals surface area (Å²) in [5, 5.41) is 18.8. The Morgan fingerprint density at radius 3 is 2.35 bits per heavy atom. The molecule has 0 aromatic rings. The second-order valence-corrected chi connectivity index (χ2v) is 6.09. The van der Waals surface area contributed by atoms with Crippen LogP contribution >= 0.6 is 0 Å². The third-order valence-corrected chi connectivity index (χ3v) is 4.32. The highest BCUT2D eigenvalue weighted by Gasteiger charge is 2.43. The van der Waals surface area contributed by atoms with Crippen molar-refractivity contribution in [1.82, 2.24) is 14.7 Å². The number of likely N-dealkylation sites (tertiary alicyclic amines) is 2. The van der Waals surface area contributed by atoms with Gasteiger partial charge in [0, 0.05) is 32.1 Å². The molecule has 0 radical (unpaired) electrons. The van der Waals surface area contributed by atoms with Crippen LogP contribution in [0.1, 0.15) is 13.3 Å². The molecule has 4 atom stereocenters. The first-order valence-corrected chi connectivity index (χ1v) is 6.94. The molecule has 2 amide bonds. The zero-order chi connectivity index (χ0) is 15.0. The van der Waals surface area contributed by atoms with Gasteiger partial charge in [0.2, 0.25) is 0 Å². The molecule has 2 heterocycles. The van der Waals surface area contributed by atoms with E-state index >= 15 is 0 Å². The van der Waals surface area contributed by atoms with Crippen LogP contribution in [0.15, 0.2) is 0 Å². The van der Waals surface area contributed by atoms with Crippen LogP contribution in [0.4, 0.5) is 4.79 Å². The molecule has 7 nitrogen and oxygen atoms in total. The number of likely N-dealkylation sites (N-methyl/N-ethyl adjacent to an activating group) is 1. The van der Waals surface area contributed by atoms with Crippen molar-refractivity contribution in [1.29, 1.82) is 0 Å². The fraction of sp³-hybridized carbons (Fsp3) is 0.846. The lowest BCUT2D eigenvalue weighted by Crippen LogP contribution is -2.48. The minimum absolute atomic E-state index is 0.104. The number of rotatable bonds is 2. The monoisotopic (exact) mass is 285 g/mol. The molecular formula is C13H23N3O4. The van der Waals surface area contributed by atoms with Gasteiger partial charge in [0.05, 0.1) is 6.10 Å². The number of aliphatic hydroxyl groups excluding tert-OH is 1. The molecule has 2 saturated heterocycles. The van der Waals surface area contributed by atoms with Crippen molar-refractivity contribution in [3.8, 4) is 0 Å². The van der Waals surface area contributed by atoms with E-state index in [0.717, 1.165) is 0 Å². The number of β-amino-alcohol motifs (C(OH)–C–C–N with tert-alkyl or cyclic N) is 1. The maximum absolute atomic E-state index is 12.5. The van der Waals surface area contributed by atoms with Crippen molar-refractivity contribution in [2.24, 2.45) is 5.92 Å². The first-order chi connectivity index (χ1) is 9.31. The van der Waals surface area contributed by atoms with E-state index < -0.39 is 18.1 Å². The number of urea groups is 1. The Labute approximate surface area is 118 Å². The van der Waals surface area contributed by atoms with E-state index in [2.05, 4.69) is 11.8 Å². The van der Waals surface area contributed by atoms with Crippen molar-refractivity contribution in [3.05, 3.63) is 0 Å². The number of carbonyl (C=O) groups excluding carboxylic acids is 1. The molecule has 0 spiro atoms. The fourth-order valence-corrected chi connectivity index (χ4v) is 3.22. The van der Waals surface area contributed by atoms with Crippen LogP contribution < -0.4 is 0 Å². The van der Waals surface area contributed by atoms with Gasteiger partial charge in [0.15, 0.2) is 0 Å². The summed E-state index contributed by atoms with van der Waals surface area (Å²) in [5.74, 6) is -0.698. The number of carbonyl (C=O) groups is 2. The molecule has 0 bridgehead atoms. The summed E-state index contributed by atoms with van der Waals surface area (Å²) < 4.78 is 0. The van der Waals surface area contributed by atoms with E-state index in [4.69, 9.17) is 5.11 Å². The van der Waals surface area contributed by atoms with Crippen LogP contribution in [0.25, 0.3) is 0 Å². The Morgan fingerprint density at radius 1 is 1.20 bits per heavy atom. The van der Waals surface area contributed by atoms with E-state index in [-0.39, 0.29) is 25.0 Å². The van der Waals surface area contributed by atoms with Gasteiger partial charge in [-0.2, -0.15) is 0 Å². The second-order valence-electron chi connectivity index (χ2n) is 6.09. The third-order valence-electron chi connectivity index (χ3n) is 4.32. The quantitative estimate of drug-likeness (QED) is 0.715. The van der Waals surface area contributed by atoms with Gasteiger partial charge in [0.25, 0.3) is 0 Å². The molecule has 2 fully saturated rings. The zero-order valence-electron chi connectivity index (χ0n) is 12.2. The predicted octanol–water partition coefficient (Wildman–Crippen LogP) is -0.492. The standard InChI is InChI=1S/C13H23N3O4/c1-8-5-15(7-11(8)14(2)3)13(20)16-6-9(17)4-10(16)12(18)19/h8-11,17H,4-7H2,1-3H3,(H,18,19)/t8?,9-,10-,11?/m0/s1. The maximum Gasteiger partial charge on any atom is 0.326 e. The summed E-state index contributed by atoms with van der Waals surface area (Å²) in [4.78, 5) is 28.7. The summed E-state index contributed by atoms with van der Waals surface area (Å²) in [6.07, 6.45) is -0.633. The summed E-state index contributed by atoms with van der Waals surface area (Å²) in [5.41, 5.74) is 0. The lowest BCUT2D eigenvalue weighted by atomic mass is 10.1. The van der Waals surface area contributed by atoms with E-state index in [9.17, 15) is 14.7 Å². The van der Waals surface area contributed by atoms with Gasteiger partial charge < -0.3 is 24.9 Å². The molecule has 2 aliphatic heterocycles. The van der Waals surface area contributed by atoms with Gasteiger partial charge >= 0.3 is 12.0 Å². The minimum Gasteiger partial charge on any atom is -0.480 e. The molecule has 2 aliphatic rings. The van der Waals surface area contributed by atoms with E-state index in [1.165, 1.54) is 4.90 Å². The zero-order valence-corrected chi connectivity index (χ0v) is 12.2. The average Bonchev–Trinajstić information content (AvgIpc) is 2.91. The van der Waals surface area contributed by atoms with Crippen LogP contribution in [-0.4, -0.2) is 88.8 Å². The van der Waals surface area contributed by atoms with Crippen molar-refractivity contribution < 1.29 is 19.8 Å². The van der Waals surface area contributed by atoms with Crippen molar-refractivity contribution in [2.75, 3.05) is 33.7 Å². The van der Waals surface area contributed by atoms with Gasteiger partial charge in [-0.25, -0.2) is 9.59 Å². The summed E-state index contributed by atoms with van der Waals surface area (Å²) >= 11 is 0. The van der Waals surface area contributed by atoms with Gasteiger partial charge in [-0.15, -0.1) is 0 Å². The van der Waals surface area contributed by atoms with Crippen molar-refractivity contribution >= 4 is 12.0 Å². The molecule has 114 valence electrons. The molecule has 2 N–H and O–H groups in total. The van der Waals surface area contributed by atoms with Crippen LogP contribution in [0.5, 0.6) is 0 Å². The Hall–Kier alpha value is -1.34. The van der Waals surface area contributed by atoms with Gasteiger partial charge in [-0.3, -0.25) is 0 Å². The molecule has 2 rings (SSSR count). The number of carboxylic acids is 1. The molecule has 0 aromatic carbocycles. The first-order valence-electron chi connectivity index (χ1n) is 6.94. The van der Waals surface area contributed by atoms with Crippen LogP contribution in [-0.2, 0) is 4.79 Å². The third kappa shape index (κ3) is 2.73. The number of hydrogen-bond donors (Lipinski definition) is 2. The Bertz CT molecular complexity index is 401. The van der Waals surface area contributed by atoms with E-state index in [1.807, 2.05) is 14.1 Å². The van der Waals surface area contributed by atoms with Crippen molar-refractivity contribution in [3.63, 3.8) is 0 Å². The molecule has 2 unspecified atom stereocenters. The van der Waals surface area contributed by atoms with Gasteiger partial charge in [0.1, 0.15) is 6.04 Å². The molecule has 7 heteroatoms. The highest BCUT2D eigenvalue weighted by Crippen LogP contribution is 2.25. The smallest absolute Gasteiger partial charge is 0.326 e. The normalized spacial score (nSPS) is 34.0. The summed E-state index contributed by atoms with van der Waals surface area (Å²) in [6.45, 7) is 3.42. The second kappa shape index (κ2) is 5.57. The molecule has 0 saturated carbocycles. The summed E-state index contributed by atoms with van der Waals surface area (Å²) in [6, 6.07) is -0.897. The number of nitrogens with zero attached hydrogens (tertiary/aromatic N) is 3.